The highest BCUT2D eigenvalue weighted by Gasteiger charge is 2.17. The first-order chi connectivity index (χ1) is 9.70. The molecule has 3 nitrogen and oxygen atoms in total. The second kappa shape index (κ2) is 7.84. The molecule has 110 valence electrons. The summed E-state index contributed by atoms with van der Waals surface area (Å²) in [6.45, 7) is 5.63. The Morgan fingerprint density at radius 3 is 2.95 bits per heavy atom. The minimum Gasteiger partial charge on any atom is -0.385 e. The van der Waals surface area contributed by atoms with Crippen molar-refractivity contribution in [1.82, 2.24) is 5.32 Å². The summed E-state index contributed by atoms with van der Waals surface area (Å²) in [4.78, 5) is 12.4. The number of hydrogen-bond donors (Lipinski definition) is 2. The predicted molar refractivity (Wildman–Crippen MR) is 91.2 cm³/mol. The third kappa shape index (κ3) is 4.35. The van der Waals surface area contributed by atoms with Gasteiger partial charge >= 0.3 is 0 Å². The topological polar surface area (TPSA) is 41.1 Å². The first-order valence-corrected chi connectivity index (χ1v) is 9.23. The minimum atomic E-state index is 0.0285. The Hall–Kier alpha value is -0.810. The number of thioether (sulfide) groups is 2. The Kier molecular flexibility index (Phi) is 6.10. The van der Waals surface area contributed by atoms with Crippen LogP contribution in [0.1, 0.15) is 22.8 Å². The lowest BCUT2D eigenvalue weighted by Gasteiger charge is -2.21. The molecule has 1 aliphatic rings. The van der Waals surface area contributed by atoms with E-state index in [0.29, 0.717) is 5.25 Å². The molecule has 0 saturated carbocycles. The van der Waals surface area contributed by atoms with Crippen molar-refractivity contribution in [2.75, 3.05) is 35.7 Å². The van der Waals surface area contributed by atoms with E-state index in [9.17, 15) is 4.79 Å². The zero-order valence-electron chi connectivity index (χ0n) is 12.1. The van der Waals surface area contributed by atoms with Gasteiger partial charge in [0.2, 0.25) is 0 Å². The summed E-state index contributed by atoms with van der Waals surface area (Å²) in [5, 5.41) is 6.88. The van der Waals surface area contributed by atoms with Crippen molar-refractivity contribution in [2.24, 2.45) is 0 Å². The SMILES string of the molecule is CCNc1ccc(C)cc1C(=O)NCC1CSCCS1. The molecule has 1 amide bonds. The molecule has 1 saturated heterocycles. The average molecular weight is 310 g/mol. The Bertz CT molecular complexity index is 459. The van der Waals surface area contributed by atoms with Crippen molar-refractivity contribution in [1.29, 1.82) is 0 Å². The van der Waals surface area contributed by atoms with Gasteiger partial charge in [0.25, 0.3) is 5.91 Å². The van der Waals surface area contributed by atoms with Crippen molar-refractivity contribution in [3.8, 4) is 0 Å². The normalized spacial score (nSPS) is 18.6. The van der Waals surface area contributed by atoms with Gasteiger partial charge in [-0.1, -0.05) is 11.6 Å². The van der Waals surface area contributed by atoms with Gasteiger partial charge in [-0.3, -0.25) is 4.79 Å². The fraction of sp³-hybridized carbons (Fsp3) is 0.533. The lowest BCUT2D eigenvalue weighted by Crippen LogP contribution is -2.33. The van der Waals surface area contributed by atoms with Crippen LogP contribution in [0.5, 0.6) is 0 Å². The van der Waals surface area contributed by atoms with E-state index in [1.165, 1.54) is 11.5 Å². The van der Waals surface area contributed by atoms with E-state index in [1.54, 1.807) is 0 Å². The molecule has 0 bridgehead atoms. The molecule has 1 aromatic carbocycles. The van der Waals surface area contributed by atoms with E-state index in [4.69, 9.17) is 0 Å². The summed E-state index contributed by atoms with van der Waals surface area (Å²) < 4.78 is 0. The Morgan fingerprint density at radius 2 is 2.25 bits per heavy atom. The van der Waals surface area contributed by atoms with Crippen LogP contribution in [-0.4, -0.2) is 41.5 Å². The van der Waals surface area contributed by atoms with Gasteiger partial charge in [-0.15, -0.1) is 0 Å². The number of amides is 1. The van der Waals surface area contributed by atoms with Crippen molar-refractivity contribution in [3.05, 3.63) is 29.3 Å². The molecule has 0 aromatic heterocycles. The maximum atomic E-state index is 12.4. The quantitative estimate of drug-likeness (QED) is 0.877. The third-order valence-corrected chi connectivity index (χ3v) is 6.01. The molecule has 1 heterocycles. The molecule has 0 spiro atoms. The van der Waals surface area contributed by atoms with Gasteiger partial charge in [0.15, 0.2) is 0 Å². The number of rotatable bonds is 5. The number of hydrogen-bond acceptors (Lipinski definition) is 4. The highest BCUT2D eigenvalue weighted by molar-refractivity contribution is 8.06. The van der Waals surface area contributed by atoms with Crippen LogP contribution < -0.4 is 10.6 Å². The Morgan fingerprint density at radius 1 is 1.40 bits per heavy atom. The maximum Gasteiger partial charge on any atom is 0.253 e. The fourth-order valence-corrected chi connectivity index (χ4v) is 4.76. The largest absolute Gasteiger partial charge is 0.385 e. The molecule has 5 heteroatoms. The smallest absolute Gasteiger partial charge is 0.253 e. The number of anilines is 1. The van der Waals surface area contributed by atoms with Crippen LogP contribution in [0.25, 0.3) is 0 Å². The van der Waals surface area contributed by atoms with Crippen LogP contribution in [0.3, 0.4) is 0 Å². The van der Waals surface area contributed by atoms with Crippen molar-refractivity contribution < 1.29 is 4.79 Å². The Labute approximate surface area is 129 Å². The van der Waals surface area contributed by atoms with Gasteiger partial charge in [0.1, 0.15) is 0 Å². The zero-order valence-corrected chi connectivity index (χ0v) is 13.7. The zero-order chi connectivity index (χ0) is 14.4. The van der Waals surface area contributed by atoms with Crippen LogP contribution in [-0.2, 0) is 0 Å². The van der Waals surface area contributed by atoms with Crippen LogP contribution in [0.4, 0.5) is 5.69 Å². The molecular formula is C15H22N2OS2. The molecule has 1 aromatic rings. The summed E-state index contributed by atoms with van der Waals surface area (Å²) in [5.74, 6) is 3.59. The summed E-state index contributed by atoms with van der Waals surface area (Å²) in [6, 6.07) is 5.97. The van der Waals surface area contributed by atoms with Crippen LogP contribution >= 0.6 is 23.5 Å². The molecular weight excluding hydrogens is 288 g/mol. The number of aryl methyl sites for hydroxylation is 1. The second-order valence-corrected chi connectivity index (χ2v) is 7.42. The van der Waals surface area contributed by atoms with Gasteiger partial charge in [-0.25, -0.2) is 0 Å². The molecule has 0 radical (unpaired) electrons. The average Bonchev–Trinajstić information content (AvgIpc) is 2.48. The summed E-state index contributed by atoms with van der Waals surface area (Å²) >= 11 is 3.95. The fourth-order valence-electron chi connectivity index (χ4n) is 2.15. The van der Waals surface area contributed by atoms with Crippen LogP contribution in [0, 0.1) is 6.92 Å². The first kappa shape index (κ1) is 15.6. The monoisotopic (exact) mass is 310 g/mol. The predicted octanol–water partition coefficient (Wildman–Crippen LogP) is 3.01. The molecule has 1 unspecified atom stereocenters. The molecule has 20 heavy (non-hydrogen) atoms. The van der Waals surface area contributed by atoms with Gasteiger partial charge in [-0.2, -0.15) is 23.5 Å². The first-order valence-electron chi connectivity index (χ1n) is 7.02. The van der Waals surface area contributed by atoms with E-state index in [-0.39, 0.29) is 5.91 Å². The summed E-state index contributed by atoms with van der Waals surface area (Å²) in [6.07, 6.45) is 0. The number of benzene rings is 1. The molecule has 1 atom stereocenters. The summed E-state index contributed by atoms with van der Waals surface area (Å²) in [5.41, 5.74) is 2.78. The van der Waals surface area contributed by atoms with Gasteiger partial charge in [-0.05, 0) is 26.0 Å². The van der Waals surface area contributed by atoms with Crippen molar-refractivity contribution >= 4 is 35.1 Å². The number of nitrogens with one attached hydrogen (secondary N) is 2. The number of carbonyl (C=O) groups excluding carboxylic acids is 1. The van der Waals surface area contributed by atoms with Crippen LogP contribution in [0.2, 0.25) is 0 Å². The maximum absolute atomic E-state index is 12.4. The molecule has 0 aliphatic carbocycles. The van der Waals surface area contributed by atoms with Gasteiger partial charge in [0.05, 0.1) is 5.56 Å². The third-order valence-electron chi connectivity index (χ3n) is 3.16. The lowest BCUT2D eigenvalue weighted by atomic mass is 10.1. The van der Waals surface area contributed by atoms with E-state index in [1.807, 2.05) is 55.6 Å². The van der Waals surface area contributed by atoms with Crippen molar-refractivity contribution in [3.63, 3.8) is 0 Å². The lowest BCUT2D eigenvalue weighted by molar-refractivity contribution is 0.0955. The van der Waals surface area contributed by atoms with E-state index >= 15 is 0 Å². The van der Waals surface area contributed by atoms with Crippen molar-refractivity contribution in [2.45, 2.75) is 19.1 Å². The minimum absolute atomic E-state index is 0.0285. The van der Waals surface area contributed by atoms with E-state index in [0.717, 1.165) is 35.7 Å². The second-order valence-electron chi connectivity index (χ2n) is 4.86. The highest BCUT2D eigenvalue weighted by atomic mass is 32.2. The molecule has 1 aliphatic heterocycles. The summed E-state index contributed by atoms with van der Waals surface area (Å²) in [7, 11) is 0. The number of carbonyl (C=O) groups is 1. The van der Waals surface area contributed by atoms with Gasteiger partial charge in [0, 0.05) is 41.3 Å². The highest BCUT2D eigenvalue weighted by Crippen LogP contribution is 2.23. The molecule has 2 N–H and O–H groups in total. The Balaban J connectivity index is 1.98. The van der Waals surface area contributed by atoms with Crippen LogP contribution in [0.15, 0.2) is 18.2 Å². The van der Waals surface area contributed by atoms with E-state index < -0.39 is 0 Å². The molecule has 1 fully saturated rings. The van der Waals surface area contributed by atoms with Gasteiger partial charge < -0.3 is 10.6 Å². The molecule has 2 rings (SSSR count). The van der Waals surface area contributed by atoms with E-state index in [2.05, 4.69) is 10.6 Å². The standard InChI is InChI=1S/C15H22N2OS2/c1-3-16-14-5-4-11(2)8-13(14)15(18)17-9-12-10-19-6-7-20-12/h4-5,8,12,16H,3,6-7,9-10H2,1-2H3,(H,17,18).